The Morgan fingerprint density at radius 3 is 2.29 bits per heavy atom. The number of halogens is 1. The van der Waals surface area contributed by atoms with Crippen molar-refractivity contribution in [3.05, 3.63) is 95.3 Å². The first-order chi connectivity index (χ1) is 14.5. The van der Waals surface area contributed by atoms with Gasteiger partial charge in [-0.05, 0) is 59.0 Å². The van der Waals surface area contributed by atoms with Crippen LogP contribution in [-0.4, -0.2) is 14.3 Å². The van der Waals surface area contributed by atoms with Gasteiger partial charge in [0.25, 0.3) is 15.9 Å². The van der Waals surface area contributed by atoms with Crippen LogP contribution in [0.5, 0.6) is 5.75 Å². The predicted molar refractivity (Wildman–Crippen MR) is 117 cm³/mol. The van der Waals surface area contributed by atoms with Crippen LogP contribution >= 0.6 is 0 Å². The molecule has 0 heterocycles. The first kappa shape index (κ1) is 22.5. The minimum Gasteiger partial charge on any atom is -0.489 e. The van der Waals surface area contributed by atoms with Crippen molar-refractivity contribution in [1.29, 1.82) is 0 Å². The van der Waals surface area contributed by atoms with Crippen LogP contribution in [0.15, 0.2) is 77.7 Å². The van der Waals surface area contributed by atoms with Gasteiger partial charge < -0.3 is 4.74 Å². The lowest BCUT2D eigenvalue weighted by molar-refractivity contribution is 0.0981. The van der Waals surface area contributed by atoms with Crippen molar-refractivity contribution in [3.63, 3.8) is 0 Å². The van der Waals surface area contributed by atoms with E-state index in [0.717, 1.165) is 5.56 Å². The molecule has 0 saturated heterocycles. The van der Waals surface area contributed by atoms with E-state index in [1.807, 2.05) is 20.8 Å². The lowest BCUT2D eigenvalue weighted by Crippen LogP contribution is -2.30. The van der Waals surface area contributed by atoms with Crippen LogP contribution < -0.4 is 9.46 Å². The third kappa shape index (κ3) is 5.92. The largest absolute Gasteiger partial charge is 0.489 e. The molecule has 0 aliphatic rings. The molecule has 0 aliphatic carbocycles. The number of ether oxygens (including phenoxy) is 1. The number of carbonyl (C=O) groups excluding carboxylic acids is 1. The summed E-state index contributed by atoms with van der Waals surface area (Å²) in [6.07, 6.45) is 0. The molecular weight excluding hydrogens is 417 g/mol. The lowest BCUT2D eigenvalue weighted by atomic mass is 9.87. The Hall–Kier alpha value is -3.19. The zero-order chi connectivity index (χ0) is 22.6. The zero-order valence-electron chi connectivity index (χ0n) is 17.6. The van der Waals surface area contributed by atoms with Gasteiger partial charge in [-0.15, -0.1) is 0 Å². The fourth-order valence-electron chi connectivity index (χ4n) is 2.89. The Morgan fingerprint density at radius 2 is 1.65 bits per heavy atom. The molecule has 0 bridgehead atoms. The van der Waals surface area contributed by atoms with Gasteiger partial charge in [0.05, 0.1) is 4.90 Å². The van der Waals surface area contributed by atoms with E-state index in [-0.39, 0.29) is 28.3 Å². The molecule has 0 saturated carbocycles. The van der Waals surface area contributed by atoms with E-state index >= 15 is 0 Å². The molecule has 3 aromatic rings. The fourth-order valence-corrected chi connectivity index (χ4v) is 3.87. The van der Waals surface area contributed by atoms with Gasteiger partial charge in [0.15, 0.2) is 0 Å². The second-order valence-corrected chi connectivity index (χ2v) is 9.84. The maximum Gasteiger partial charge on any atom is 0.265 e. The molecule has 3 rings (SSSR count). The van der Waals surface area contributed by atoms with Crippen molar-refractivity contribution in [3.8, 4) is 5.75 Å². The van der Waals surface area contributed by atoms with Crippen LogP contribution in [0.1, 0.15) is 42.3 Å². The number of nitrogens with one attached hydrogen (secondary N) is 1. The van der Waals surface area contributed by atoms with Crippen molar-refractivity contribution in [2.24, 2.45) is 0 Å². The zero-order valence-corrected chi connectivity index (χ0v) is 18.4. The van der Waals surface area contributed by atoms with E-state index in [1.165, 1.54) is 36.4 Å². The van der Waals surface area contributed by atoms with Crippen molar-refractivity contribution in [1.82, 2.24) is 4.72 Å². The molecule has 1 amide bonds. The minimum absolute atomic E-state index is 0.00681. The van der Waals surface area contributed by atoms with E-state index < -0.39 is 15.9 Å². The topological polar surface area (TPSA) is 72.5 Å². The molecule has 0 aromatic heterocycles. The van der Waals surface area contributed by atoms with Gasteiger partial charge in [-0.3, -0.25) is 4.79 Å². The average Bonchev–Trinajstić information content (AvgIpc) is 2.72. The second kappa shape index (κ2) is 8.89. The summed E-state index contributed by atoms with van der Waals surface area (Å²) in [5, 5.41) is 0. The van der Waals surface area contributed by atoms with Crippen molar-refractivity contribution in [2.75, 3.05) is 0 Å². The molecule has 0 unspecified atom stereocenters. The minimum atomic E-state index is -4.02. The summed E-state index contributed by atoms with van der Waals surface area (Å²) in [5.74, 6) is -0.769. The monoisotopic (exact) mass is 441 g/mol. The summed E-state index contributed by atoms with van der Waals surface area (Å²) >= 11 is 0. The van der Waals surface area contributed by atoms with Gasteiger partial charge in [-0.25, -0.2) is 17.5 Å². The smallest absolute Gasteiger partial charge is 0.265 e. The molecule has 7 heteroatoms. The molecular formula is C24H24FNO4S. The Morgan fingerprint density at radius 1 is 0.968 bits per heavy atom. The summed E-state index contributed by atoms with van der Waals surface area (Å²) in [7, 11) is -4.02. The Bertz CT molecular complexity index is 1180. The van der Waals surface area contributed by atoms with E-state index in [4.69, 9.17) is 4.74 Å². The van der Waals surface area contributed by atoms with Crippen LogP contribution in [0, 0.1) is 5.82 Å². The van der Waals surface area contributed by atoms with Crippen LogP contribution in [0.4, 0.5) is 4.39 Å². The molecule has 162 valence electrons. The van der Waals surface area contributed by atoms with Crippen molar-refractivity contribution >= 4 is 15.9 Å². The SMILES string of the molecule is CC(C)(C)c1ccc(S(=O)(=O)NC(=O)c2cccc(OCc3cccc(F)c3)c2)cc1. The number of amides is 1. The van der Waals surface area contributed by atoms with E-state index in [1.54, 1.807) is 36.4 Å². The van der Waals surface area contributed by atoms with Gasteiger partial charge in [0.2, 0.25) is 0 Å². The maximum absolute atomic E-state index is 13.3. The average molecular weight is 442 g/mol. The van der Waals surface area contributed by atoms with E-state index in [9.17, 15) is 17.6 Å². The van der Waals surface area contributed by atoms with Gasteiger partial charge >= 0.3 is 0 Å². The highest BCUT2D eigenvalue weighted by atomic mass is 32.2. The van der Waals surface area contributed by atoms with Crippen LogP contribution in [0.3, 0.4) is 0 Å². The highest BCUT2D eigenvalue weighted by Crippen LogP contribution is 2.23. The van der Waals surface area contributed by atoms with Gasteiger partial charge in [-0.2, -0.15) is 0 Å². The predicted octanol–water partition coefficient (Wildman–Crippen LogP) is 4.82. The molecule has 0 fully saturated rings. The maximum atomic E-state index is 13.3. The van der Waals surface area contributed by atoms with Crippen molar-refractivity contribution in [2.45, 2.75) is 37.7 Å². The number of carbonyl (C=O) groups is 1. The molecule has 1 N–H and O–H groups in total. The summed E-state index contributed by atoms with van der Waals surface area (Å²) in [6.45, 7) is 6.20. The first-order valence-corrected chi connectivity index (χ1v) is 11.2. The van der Waals surface area contributed by atoms with Crippen LogP contribution in [0.2, 0.25) is 0 Å². The quantitative estimate of drug-likeness (QED) is 0.595. The summed E-state index contributed by atoms with van der Waals surface area (Å²) in [4.78, 5) is 12.5. The summed E-state index contributed by atoms with van der Waals surface area (Å²) in [6, 6.07) is 18.6. The fraction of sp³-hybridized carbons (Fsp3) is 0.208. The van der Waals surface area contributed by atoms with Crippen LogP contribution in [0.25, 0.3) is 0 Å². The Balaban J connectivity index is 1.70. The number of hydrogen-bond acceptors (Lipinski definition) is 4. The summed E-state index contributed by atoms with van der Waals surface area (Å²) < 4.78 is 46.2. The number of rotatable bonds is 6. The third-order valence-electron chi connectivity index (χ3n) is 4.65. The van der Waals surface area contributed by atoms with Gasteiger partial charge in [-0.1, -0.05) is 51.1 Å². The molecule has 0 spiro atoms. The molecule has 0 aliphatic heterocycles. The lowest BCUT2D eigenvalue weighted by Gasteiger charge is -2.19. The molecule has 5 nitrogen and oxygen atoms in total. The Labute approximate surface area is 181 Å². The Kier molecular flexibility index (Phi) is 6.45. The van der Waals surface area contributed by atoms with Crippen molar-refractivity contribution < 1.29 is 22.3 Å². The first-order valence-electron chi connectivity index (χ1n) is 9.70. The van der Waals surface area contributed by atoms with Crippen LogP contribution in [-0.2, 0) is 22.0 Å². The normalized spacial score (nSPS) is 11.7. The molecule has 0 atom stereocenters. The number of hydrogen-bond donors (Lipinski definition) is 1. The number of benzene rings is 3. The van der Waals surface area contributed by atoms with Gasteiger partial charge in [0, 0.05) is 5.56 Å². The van der Waals surface area contributed by atoms with E-state index in [2.05, 4.69) is 4.72 Å². The van der Waals surface area contributed by atoms with E-state index in [0.29, 0.717) is 11.3 Å². The molecule has 3 aromatic carbocycles. The molecule has 0 radical (unpaired) electrons. The third-order valence-corrected chi connectivity index (χ3v) is 6.00. The highest BCUT2D eigenvalue weighted by molar-refractivity contribution is 7.90. The number of sulfonamides is 1. The summed E-state index contributed by atoms with van der Waals surface area (Å²) in [5.41, 5.74) is 1.64. The molecule has 31 heavy (non-hydrogen) atoms. The standard InChI is InChI=1S/C24H24FNO4S/c1-24(2,3)19-10-12-22(13-11-19)31(28,29)26-23(27)18-7-5-9-21(15-18)30-16-17-6-4-8-20(25)14-17/h4-15H,16H2,1-3H3,(H,26,27). The highest BCUT2D eigenvalue weighted by Gasteiger charge is 2.20. The van der Waals surface area contributed by atoms with Gasteiger partial charge in [0.1, 0.15) is 18.2 Å². The second-order valence-electron chi connectivity index (χ2n) is 8.16.